The Morgan fingerprint density at radius 1 is 1.50 bits per heavy atom. The minimum Gasteiger partial charge on any atom is -0.438 e. The van der Waals surface area contributed by atoms with E-state index in [0.29, 0.717) is 12.3 Å². The summed E-state index contributed by atoms with van der Waals surface area (Å²) in [6, 6.07) is 1.93. The molecule has 0 aliphatic carbocycles. The van der Waals surface area contributed by atoms with E-state index >= 15 is 0 Å². The Balaban J connectivity index is 1.75. The van der Waals surface area contributed by atoms with E-state index in [-0.39, 0.29) is 11.8 Å². The van der Waals surface area contributed by atoms with E-state index in [2.05, 4.69) is 15.0 Å². The first-order valence-corrected chi connectivity index (χ1v) is 6.71. The second kappa shape index (κ2) is 5.40. The standard InChI is InChI=1S/C14H16N4O2/c1-10-16-5-4-12(17-10)11-3-2-6-18(8-11)14(19)13-7-15-9-20-13/h4-5,7,9,11H,2-3,6,8H2,1H3. The van der Waals surface area contributed by atoms with Crippen molar-refractivity contribution in [2.45, 2.75) is 25.7 Å². The van der Waals surface area contributed by atoms with Crippen LogP contribution in [-0.2, 0) is 0 Å². The van der Waals surface area contributed by atoms with Gasteiger partial charge < -0.3 is 9.32 Å². The van der Waals surface area contributed by atoms with E-state index in [9.17, 15) is 4.79 Å². The van der Waals surface area contributed by atoms with Gasteiger partial charge in [0.05, 0.1) is 6.20 Å². The highest BCUT2D eigenvalue weighted by Gasteiger charge is 2.27. The van der Waals surface area contributed by atoms with Crippen LogP contribution in [0.25, 0.3) is 0 Å². The van der Waals surface area contributed by atoms with Crippen molar-refractivity contribution in [1.29, 1.82) is 0 Å². The second-order valence-corrected chi connectivity index (χ2v) is 4.98. The fraction of sp³-hybridized carbons (Fsp3) is 0.429. The Labute approximate surface area is 116 Å². The van der Waals surface area contributed by atoms with Crippen molar-refractivity contribution in [1.82, 2.24) is 19.9 Å². The lowest BCUT2D eigenvalue weighted by atomic mass is 9.94. The molecule has 0 saturated carbocycles. The van der Waals surface area contributed by atoms with Crippen LogP contribution in [0.15, 0.2) is 29.3 Å². The van der Waals surface area contributed by atoms with Crippen molar-refractivity contribution in [2.24, 2.45) is 0 Å². The van der Waals surface area contributed by atoms with Crippen molar-refractivity contribution < 1.29 is 9.21 Å². The van der Waals surface area contributed by atoms with E-state index in [1.54, 1.807) is 6.20 Å². The molecular weight excluding hydrogens is 256 g/mol. The molecule has 6 heteroatoms. The molecule has 3 rings (SSSR count). The molecule has 1 aliphatic rings. The van der Waals surface area contributed by atoms with Crippen molar-refractivity contribution in [3.63, 3.8) is 0 Å². The molecule has 0 bridgehead atoms. The first-order valence-electron chi connectivity index (χ1n) is 6.71. The summed E-state index contributed by atoms with van der Waals surface area (Å²) in [5.74, 6) is 1.22. The quantitative estimate of drug-likeness (QED) is 0.833. The third-order valence-electron chi connectivity index (χ3n) is 3.57. The maximum absolute atomic E-state index is 12.3. The van der Waals surface area contributed by atoms with Gasteiger partial charge in [-0.2, -0.15) is 0 Å². The lowest BCUT2D eigenvalue weighted by Gasteiger charge is -2.31. The van der Waals surface area contributed by atoms with E-state index in [4.69, 9.17) is 4.42 Å². The molecule has 104 valence electrons. The molecule has 0 aromatic carbocycles. The number of aryl methyl sites for hydroxylation is 1. The molecule has 3 heterocycles. The highest BCUT2D eigenvalue weighted by Crippen LogP contribution is 2.26. The van der Waals surface area contributed by atoms with Gasteiger partial charge in [0.25, 0.3) is 5.91 Å². The SMILES string of the molecule is Cc1nccc(C2CCCN(C(=O)c3cnco3)C2)n1. The Bertz CT molecular complexity index is 597. The van der Waals surface area contributed by atoms with E-state index in [1.165, 1.54) is 12.6 Å². The molecule has 20 heavy (non-hydrogen) atoms. The topological polar surface area (TPSA) is 72.1 Å². The summed E-state index contributed by atoms with van der Waals surface area (Å²) < 4.78 is 5.08. The van der Waals surface area contributed by atoms with Crippen molar-refractivity contribution in [3.05, 3.63) is 42.1 Å². The predicted molar refractivity (Wildman–Crippen MR) is 71.2 cm³/mol. The van der Waals surface area contributed by atoms with Gasteiger partial charge in [-0.05, 0) is 25.8 Å². The lowest BCUT2D eigenvalue weighted by molar-refractivity contribution is 0.0673. The summed E-state index contributed by atoms with van der Waals surface area (Å²) in [6.45, 7) is 3.29. The van der Waals surface area contributed by atoms with Crippen LogP contribution < -0.4 is 0 Å². The summed E-state index contributed by atoms with van der Waals surface area (Å²) in [7, 11) is 0. The first kappa shape index (κ1) is 12.8. The van der Waals surface area contributed by atoms with Crippen molar-refractivity contribution in [2.75, 3.05) is 13.1 Å². The number of rotatable bonds is 2. The van der Waals surface area contributed by atoms with Gasteiger partial charge in [-0.25, -0.2) is 15.0 Å². The Morgan fingerprint density at radius 2 is 2.40 bits per heavy atom. The number of nitrogens with zero attached hydrogens (tertiary/aromatic N) is 4. The molecule has 0 N–H and O–H groups in total. The number of hydrogen-bond acceptors (Lipinski definition) is 5. The van der Waals surface area contributed by atoms with Gasteiger partial charge in [-0.1, -0.05) is 0 Å². The van der Waals surface area contributed by atoms with Crippen molar-refractivity contribution >= 4 is 5.91 Å². The molecular formula is C14H16N4O2. The summed E-state index contributed by atoms with van der Waals surface area (Å²) in [6.07, 6.45) is 6.52. The Kier molecular flexibility index (Phi) is 3.45. The number of hydrogen-bond donors (Lipinski definition) is 0. The van der Waals surface area contributed by atoms with E-state index in [1.807, 2.05) is 17.9 Å². The van der Waals surface area contributed by atoms with Crippen LogP contribution in [0.4, 0.5) is 0 Å². The number of carbonyl (C=O) groups is 1. The molecule has 1 atom stereocenters. The molecule has 2 aromatic heterocycles. The molecule has 1 amide bonds. The minimum atomic E-state index is -0.0991. The molecule has 1 aliphatic heterocycles. The van der Waals surface area contributed by atoms with Gasteiger partial charge >= 0.3 is 0 Å². The molecule has 1 saturated heterocycles. The largest absolute Gasteiger partial charge is 0.438 e. The maximum atomic E-state index is 12.3. The molecule has 2 aromatic rings. The van der Waals surface area contributed by atoms with E-state index < -0.39 is 0 Å². The monoisotopic (exact) mass is 272 g/mol. The molecule has 0 radical (unpaired) electrons. The van der Waals surface area contributed by atoms with Gasteiger partial charge in [-0.3, -0.25) is 4.79 Å². The van der Waals surface area contributed by atoms with Crippen LogP contribution in [-0.4, -0.2) is 38.8 Å². The molecule has 0 spiro atoms. The lowest BCUT2D eigenvalue weighted by Crippen LogP contribution is -2.39. The number of carbonyl (C=O) groups excluding carboxylic acids is 1. The third kappa shape index (κ3) is 2.54. The van der Waals surface area contributed by atoms with Crippen LogP contribution in [0.2, 0.25) is 0 Å². The van der Waals surface area contributed by atoms with Gasteiger partial charge in [-0.15, -0.1) is 0 Å². The number of aromatic nitrogens is 3. The van der Waals surface area contributed by atoms with Gasteiger partial charge in [0.2, 0.25) is 5.76 Å². The van der Waals surface area contributed by atoms with Gasteiger partial charge in [0.1, 0.15) is 5.82 Å². The molecule has 6 nitrogen and oxygen atoms in total. The number of likely N-dealkylation sites (tertiary alicyclic amines) is 1. The molecule has 1 fully saturated rings. The Hall–Kier alpha value is -2.24. The zero-order valence-corrected chi connectivity index (χ0v) is 11.3. The number of amides is 1. The fourth-order valence-electron chi connectivity index (χ4n) is 2.58. The van der Waals surface area contributed by atoms with Crippen LogP contribution >= 0.6 is 0 Å². The van der Waals surface area contributed by atoms with E-state index in [0.717, 1.165) is 30.9 Å². The van der Waals surface area contributed by atoms with Crippen LogP contribution in [0.3, 0.4) is 0 Å². The third-order valence-corrected chi connectivity index (χ3v) is 3.57. The van der Waals surface area contributed by atoms with Gasteiger partial charge in [0, 0.05) is 30.9 Å². The number of piperidine rings is 1. The highest BCUT2D eigenvalue weighted by molar-refractivity contribution is 5.91. The maximum Gasteiger partial charge on any atom is 0.291 e. The zero-order chi connectivity index (χ0) is 13.9. The highest BCUT2D eigenvalue weighted by atomic mass is 16.3. The van der Waals surface area contributed by atoms with Crippen LogP contribution in [0.5, 0.6) is 0 Å². The van der Waals surface area contributed by atoms with Gasteiger partial charge in [0.15, 0.2) is 6.39 Å². The number of oxazole rings is 1. The molecule has 1 unspecified atom stereocenters. The minimum absolute atomic E-state index is 0.0991. The summed E-state index contributed by atoms with van der Waals surface area (Å²) in [5, 5.41) is 0. The average Bonchev–Trinajstić information content (AvgIpc) is 3.01. The van der Waals surface area contributed by atoms with Crippen LogP contribution in [0.1, 0.15) is 40.8 Å². The summed E-state index contributed by atoms with van der Waals surface area (Å²) >= 11 is 0. The zero-order valence-electron chi connectivity index (χ0n) is 11.3. The summed E-state index contributed by atoms with van der Waals surface area (Å²) in [5.41, 5.74) is 1.01. The predicted octanol–water partition coefficient (Wildman–Crippen LogP) is 1.79. The first-order chi connectivity index (χ1) is 9.74. The average molecular weight is 272 g/mol. The summed E-state index contributed by atoms with van der Waals surface area (Å²) in [4.78, 5) is 26.5. The normalized spacial score (nSPS) is 19.1. The van der Waals surface area contributed by atoms with Crippen molar-refractivity contribution in [3.8, 4) is 0 Å². The Morgan fingerprint density at radius 3 is 3.15 bits per heavy atom. The fourth-order valence-corrected chi connectivity index (χ4v) is 2.58. The van der Waals surface area contributed by atoms with Crippen LogP contribution in [0, 0.1) is 6.92 Å². The smallest absolute Gasteiger partial charge is 0.291 e. The second-order valence-electron chi connectivity index (χ2n) is 4.98.